The van der Waals surface area contributed by atoms with Crippen LogP contribution in [0.4, 0.5) is 5.69 Å². The Morgan fingerprint density at radius 3 is 2.07 bits per heavy atom. The molecule has 0 aromatic heterocycles. The molecule has 1 aliphatic rings. The molecule has 0 bridgehead atoms. The van der Waals surface area contributed by atoms with Crippen LogP contribution in [-0.4, -0.2) is 47.0 Å². The van der Waals surface area contributed by atoms with E-state index in [1.807, 2.05) is 47.0 Å². The van der Waals surface area contributed by atoms with Gasteiger partial charge in [-0.2, -0.15) is 0 Å². The lowest BCUT2D eigenvalue weighted by Gasteiger charge is -2.29. The van der Waals surface area contributed by atoms with Crippen LogP contribution in [0.2, 0.25) is 0 Å². The van der Waals surface area contributed by atoms with E-state index in [2.05, 4.69) is 38.8 Å². The van der Waals surface area contributed by atoms with Gasteiger partial charge in [-0.15, -0.1) is 0 Å². The van der Waals surface area contributed by atoms with Crippen LogP contribution in [0.3, 0.4) is 0 Å². The van der Waals surface area contributed by atoms with Gasteiger partial charge in [0.25, 0.3) is 0 Å². The number of aryl methyl sites for hydroxylation is 3. The molecule has 0 aliphatic carbocycles. The van der Waals surface area contributed by atoms with Crippen LogP contribution in [0.15, 0.2) is 41.3 Å². The maximum atomic E-state index is 13.1. The van der Waals surface area contributed by atoms with Crippen molar-refractivity contribution in [2.24, 2.45) is 0 Å². The molecule has 1 unspecified atom stereocenters. The molecule has 0 amide bonds. The third-order valence-electron chi connectivity index (χ3n) is 5.72. The molecule has 1 N–H and O–H groups in total. The van der Waals surface area contributed by atoms with Crippen molar-refractivity contribution in [1.82, 2.24) is 9.62 Å². The number of nitrogens with one attached hydrogen (secondary N) is 1. The number of nitrogens with zero attached hydrogens (tertiary/aromatic N) is 2. The van der Waals surface area contributed by atoms with Crippen molar-refractivity contribution in [2.45, 2.75) is 44.6 Å². The molecule has 1 saturated heterocycles. The molecule has 1 aliphatic heterocycles. The Bertz CT molecular complexity index is 924. The average molecular weight is 416 g/mol. The predicted octanol–water partition coefficient (Wildman–Crippen LogP) is 3.79. The van der Waals surface area contributed by atoms with Gasteiger partial charge in [0.1, 0.15) is 0 Å². The van der Waals surface area contributed by atoms with Crippen LogP contribution in [0.1, 0.15) is 41.1 Å². The van der Waals surface area contributed by atoms with Gasteiger partial charge in [-0.05, 0) is 75.5 Å². The number of sulfonamides is 1. The highest BCUT2D eigenvalue weighted by Crippen LogP contribution is 2.28. The van der Waals surface area contributed by atoms with E-state index in [1.165, 1.54) is 0 Å². The largest absolute Gasteiger partial charge is 0.378 e. The minimum atomic E-state index is -3.58. The van der Waals surface area contributed by atoms with E-state index >= 15 is 0 Å². The van der Waals surface area contributed by atoms with Gasteiger partial charge in [-0.3, -0.25) is 4.90 Å². The summed E-state index contributed by atoms with van der Waals surface area (Å²) in [5, 5.41) is 0. The number of hydrogen-bond acceptors (Lipinski definition) is 4. The summed E-state index contributed by atoms with van der Waals surface area (Å²) in [5.74, 6) is 0. The molecule has 1 atom stereocenters. The summed E-state index contributed by atoms with van der Waals surface area (Å²) in [5.41, 5.74) is 4.96. The van der Waals surface area contributed by atoms with E-state index in [0.29, 0.717) is 11.4 Å². The molecule has 158 valence electrons. The van der Waals surface area contributed by atoms with Gasteiger partial charge in [0.2, 0.25) is 10.0 Å². The molecule has 29 heavy (non-hydrogen) atoms. The first kappa shape index (κ1) is 21.8. The normalized spacial score (nSPS) is 16.2. The van der Waals surface area contributed by atoms with Gasteiger partial charge in [0.05, 0.1) is 4.90 Å². The summed E-state index contributed by atoms with van der Waals surface area (Å²) in [7, 11) is 0.465. The minimum Gasteiger partial charge on any atom is -0.378 e. The Labute approximate surface area is 175 Å². The van der Waals surface area contributed by atoms with Gasteiger partial charge in [-0.1, -0.05) is 29.8 Å². The quantitative estimate of drug-likeness (QED) is 0.747. The van der Waals surface area contributed by atoms with E-state index in [0.717, 1.165) is 53.9 Å². The Morgan fingerprint density at radius 1 is 1.00 bits per heavy atom. The molecular weight excluding hydrogens is 382 g/mol. The van der Waals surface area contributed by atoms with Crippen molar-refractivity contribution < 1.29 is 8.42 Å². The Morgan fingerprint density at radius 2 is 1.55 bits per heavy atom. The van der Waals surface area contributed by atoms with Gasteiger partial charge in [0.15, 0.2) is 0 Å². The number of likely N-dealkylation sites (tertiary alicyclic amines) is 1. The molecular formula is C23H33N3O2S. The first-order valence-corrected chi connectivity index (χ1v) is 11.8. The first-order valence-electron chi connectivity index (χ1n) is 10.3. The fourth-order valence-electron chi connectivity index (χ4n) is 4.36. The predicted molar refractivity (Wildman–Crippen MR) is 120 cm³/mol. The van der Waals surface area contributed by atoms with Gasteiger partial charge in [0, 0.05) is 32.4 Å². The summed E-state index contributed by atoms with van der Waals surface area (Å²) in [4.78, 5) is 4.87. The lowest BCUT2D eigenvalue weighted by Crippen LogP contribution is -2.37. The molecule has 5 nitrogen and oxygen atoms in total. The summed E-state index contributed by atoms with van der Waals surface area (Å²) in [6.45, 7) is 8.11. The standard InChI is InChI=1S/C23H33N3O2S/c1-17-14-18(2)23(19(3)15-17)29(27,28)24-16-22(26-12-6-7-13-26)20-8-10-21(11-9-20)25(4)5/h8-11,14-15,22,24H,6-7,12-13,16H2,1-5H3. The van der Waals surface area contributed by atoms with Crippen LogP contribution < -0.4 is 9.62 Å². The van der Waals surface area contributed by atoms with Crippen LogP contribution in [0.5, 0.6) is 0 Å². The van der Waals surface area contributed by atoms with Crippen molar-refractivity contribution in [3.8, 4) is 0 Å². The number of hydrogen-bond donors (Lipinski definition) is 1. The molecule has 3 rings (SSSR count). The Kier molecular flexibility index (Phi) is 6.66. The highest BCUT2D eigenvalue weighted by Gasteiger charge is 2.27. The van der Waals surface area contributed by atoms with Crippen LogP contribution >= 0.6 is 0 Å². The lowest BCUT2D eigenvalue weighted by molar-refractivity contribution is 0.246. The maximum Gasteiger partial charge on any atom is 0.241 e. The molecule has 0 radical (unpaired) electrons. The highest BCUT2D eigenvalue weighted by molar-refractivity contribution is 7.89. The summed E-state index contributed by atoms with van der Waals surface area (Å²) < 4.78 is 29.2. The van der Waals surface area contributed by atoms with Crippen molar-refractivity contribution in [2.75, 3.05) is 38.6 Å². The van der Waals surface area contributed by atoms with Crippen LogP contribution in [-0.2, 0) is 10.0 Å². The Hall–Kier alpha value is -1.89. The number of benzene rings is 2. The van der Waals surface area contributed by atoms with Crippen molar-refractivity contribution in [3.05, 3.63) is 58.7 Å². The Balaban J connectivity index is 1.85. The third-order valence-corrected chi connectivity index (χ3v) is 7.44. The fraction of sp³-hybridized carbons (Fsp3) is 0.478. The second kappa shape index (κ2) is 8.86. The minimum absolute atomic E-state index is 0.0366. The first-order chi connectivity index (χ1) is 13.7. The molecule has 6 heteroatoms. The third kappa shape index (κ3) is 5.00. The lowest BCUT2D eigenvalue weighted by atomic mass is 10.1. The monoisotopic (exact) mass is 415 g/mol. The second-order valence-electron chi connectivity index (χ2n) is 8.32. The zero-order valence-corrected chi connectivity index (χ0v) is 19.0. The molecule has 2 aromatic carbocycles. The maximum absolute atomic E-state index is 13.1. The number of rotatable bonds is 7. The fourth-order valence-corrected chi connectivity index (χ4v) is 5.84. The van der Waals surface area contributed by atoms with Crippen LogP contribution in [0.25, 0.3) is 0 Å². The smallest absolute Gasteiger partial charge is 0.241 e. The molecule has 2 aromatic rings. The molecule has 1 fully saturated rings. The van der Waals surface area contributed by atoms with E-state index in [4.69, 9.17) is 0 Å². The van der Waals surface area contributed by atoms with E-state index in [9.17, 15) is 8.42 Å². The summed E-state index contributed by atoms with van der Waals surface area (Å²) in [6.07, 6.45) is 2.32. The summed E-state index contributed by atoms with van der Waals surface area (Å²) >= 11 is 0. The SMILES string of the molecule is Cc1cc(C)c(S(=O)(=O)NCC(c2ccc(N(C)C)cc2)N2CCCC2)c(C)c1. The van der Waals surface area contributed by atoms with Crippen molar-refractivity contribution in [3.63, 3.8) is 0 Å². The number of anilines is 1. The zero-order chi connectivity index (χ0) is 21.2. The second-order valence-corrected chi connectivity index (χ2v) is 10.0. The van der Waals surface area contributed by atoms with Gasteiger partial charge in [-0.25, -0.2) is 13.1 Å². The molecule has 0 spiro atoms. The zero-order valence-electron chi connectivity index (χ0n) is 18.2. The van der Waals surface area contributed by atoms with E-state index in [-0.39, 0.29) is 6.04 Å². The van der Waals surface area contributed by atoms with Crippen molar-refractivity contribution in [1.29, 1.82) is 0 Å². The van der Waals surface area contributed by atoms with Crippen molar-refractivity contribution >= 4 is 15.7 Å². The molecule has 0 saturated carbocycles. The van der Waals surface area contributed by atoms with E-state index in [1.54, 1.807) is 0 Å². The van der Waals surface area contributed by atoms with Gasteiger partial charge < -0.3 is 4.90 Å². The van der Waals surface area contributed by atoms with Crippen LogP contribution in [0, 0.1) is 20.8 Å². The van der Waals surface area contributed by atoms with E-state index < -0.39 is 10.0 Å². The van der Waals surface area contributed by atoms with Gasteiger partial charge >= 0.3 is 0 Å². The molecule has 1 heterocycles. The summed E-state index contributed by atoms with van der Waals surface area (Å²) in [6, 6.07) is 12.3. The topological polar surface area (TPSA) is 52.7 Å². The highest BCUT2D eigenvalue weighted by atomic mass is 32.2. The average Bonchev–Trinajstić information content (AvgIpc) is 3.15.